The number of rotatable bonds is 4. The lowest BCUT2D eigenvalue weighted by Gasteiger charge is -2.14. The summed E-state index contributed by atoms with van der Waals surface area (Å²) >= 11 is 1.61. The van der Waals surface area contributed by atoms with Crippen molar-refractivity contribution in [3.05, 3.63) is 62.5 Å². The molecule has 6 nitrogen and oxygen atoms in total. The summed E-state index contributed by atoms with van der Waals surface area (Å²) in [5, 5.41) is 4.70. The number of fused-ring (bicyclic) bond motifs is 3. The fraction of sp³-hybridized carbons (Fsp3) is 0.333. The third-order valence-electron chi connectivity index (χ3n) is 5.16. The first kappa shape index (κ1) is 18.6. The van der Waals surface area contributed by atoms with E-state index in [2.05, 4.69) is 15.5 Å². The van der Waals surface area contributed by atoms with Gasteiger partial charge in [0.25, 0.3) is 11.5 Å². The Bertz CT molecular complexity index is 1110. The minimum absolute atomic E-state index is 0.144. The number of carbonyl (C=O) groups excluding carboxylic acids is 1. The molecule has 1 amide bonds. The second-order valence-corrected chi connectivity index (χ2v) is 8.25. The van der Waals surface area contributed by atoms with Crippen LogP contribution in [0.1, 0.15) is 47.4 Å². The maximum absolute atomic E-state index is 13.0. The molecule has 28 heavy (non-hydrogen) atoms. The van der Waals surface area contributed by atoms with Crippen LogP contribution in [0.4, 0.5) is 0 Å². The molecule has 3 aromatic rings. The Balaban J connectivity index is 1.55. The molecule has 0 unspecified atom stereocenters. The lowest BCUT2D eigenvalue weighted by Crippen LogP contribution is -2.34. The van der Waals surface area contributed by atoms with Crippen LogP contribution < -0.4 is 11.0 Å². The molecular weight excluding hydrogens is 372 g/mol. The first-order valence-electron chi connectivity index (χ1n) is 9.45. The van der Waals surface area contributed by atoms with Gasteiger partial charge in [0.1, 0.15) is 10.9 Å². The molecule has 1 aromatic carbocycles. The topological polar surface area (TPSA) is 76.3 Å². The second kappa shape index (κ2) is 7.67. The average molecular weight is 395 g/mol. The van der Waals surface area contributed by atoms with Crippen molar-refractivity contribution in [1.29, 1.82) is 0 Å². The summed E-state index contributed by atoms with van der Waals surface area (Å²) in [5.74, 6) is -0.351. The monoisotopic (exact) mass is 394 g/mol. The van der Waals surface area contributed by atoms with Crippen LogP contribution in [0.5, 0.6) is 0 Å². The molecule has 4 rings (SSSR count). The van der Waals surface area contributed by atoms with E-state index in [-0.39, 0.29) is 11.5 Å². The molecule has 0 spiro atoms. The molecule has 0 saturated heterocycles. The fourth-order valence-corrected chi connectivity index (χ4v) is 4.70. The minimum atomic E-state index is -0.696. The van der Waals surface area contributed by atoms with Crippen LogP contribution in [0.25, 0.3) is 10.2 Å². The number of nitrogens with zero attached hydrogens (tertiary/aromatic N) is 3. The van der Waals surface area contributed by atoms with Gasteiger partial charge in [0, 0.05) is 4.88 Å². The summed E-state index contributed by atoms with van der Waals surface area (Å²) in [5.41, 5.74) is 5.56. The number of carbonyl (C=O) groups is 1. The molecule has 0 aliphatic heterocycles. The summed E-state index contributed by atoms with van der Waals surface area (Å²) in [7, 11) is 0. The van der Waals surface area contributed by atoms with Gasteiger partial charge in [-0.15, -0.1) is 11.3 Å². The SMILES string of the molecule is Cc1ccc(C=NNC(=O)[C@@H](C)n2cnc3sc4c(c3c2=O)CCCC4)cc1. The van der Waals surface area contributed by atoms with Gasteiger partial charge in [0.05, 0.1) is 17.9 Å². The summed E-state index contributed by atoms with van der Waals surface area (Å²) in [6.45, 7) is 3.70. The zero-order chi connectivity index (χ0) is 19.7. The van der Waals surface area contributed by atoms with E-state index in [0.717, 1.165) is 47.2 Å². The fourth-order valence-electron chi connectivity index (χ4n) is 3.48. The van der Waals surface area contributed by atoms with Gasteiger partial charge in [0.2, 0.25) is 0 Å². The minimum Gasteiger partial charge on any atom is -0.286 e. The van der Waals surface area contributed by atoms with Gasteiger partial charge >= 0.3 is 0 Å². The molecule has 2 aromatic heterocycles. The Kier molecular flexibility index (Phi) is 5.09. The summed E-state index contributed by atoms with van der Waals surface area (Å²) in [6, 6.07) is 7.12. The van der Waals surface area contributed by atoms with Crippen LogP contribution in [-0.2, 0) is 17.6 Å². The summed E-state index contributed by atoms with van der Waals surface area (Å²) in [6.07, 6.45) is 7.24. The maximum atomic E-state index is 13.0. The predicted molar refractivity (Wildman–Crippen MR) is 112 cm³/mol. The highest BCUT2D eigenvalue weighted by molar-refractivity contribution is 7.18. The quantitative estimate of drug-likeness (QED) is 0.545. The zero-order valence-corrected chi connectivity index (χ0v) is 16.8. The summed E-state index contributed by atoms with van der Waals surface area (Å²) < 4.78 is 1.40. The highest BCUT2D eigenvalue weighted by atomic mass is 32.1. The standard InChI is InChI=1S/C21H22N4O2S/c1-13-7-9-15(10-8-13)11-23-24-19(26)14(2)25-12-22-20-18(21(25)27)16-5-3-4-6-17(16)28-20/h7-12,14H,3-6H2,1-2H3,(H,24,26)/t14-/m1/s1. The van der Waals surface area contributed by atoms with Crippen LogP contribution in [0, 0.1) is 6.92 Å². The molecule has 1 N–H and O–H groups in total. The molecular formula is C21H22N4O2S. The van der Waals surface area contributed by atoms with E-state index in [1.807, 2.05) is 31.2 Å². The smallest absolute Gasteiger partial charge is 0.263 e. The lowest BCUT2D eigenvalue weighted by molar-refractivity contribution is -0.123. The van der Waals surface area contributed by atoms with E-state index in [9.17, 15) is 9.59 Å². The Labute approximate surface area is 166 Å². The zero-order valence-electron chi connectivity index (χ0n) is 15.9. The van der Waals surface area contributed by atoms with Crippen molar-refractivity contribution >= 4 is 33.7 Å². The maximum Gasteiger partial charge on any atom is 0.263 e. The Morgan fingerprint density at radius 2 is 2.04 bits per heavy atom. The van der Waals surface area contributed by atoms with Crippen molar-refractivity contribution in [2.75, 3.05) is 0 Å². The Hall–Kier alpha value is -2.80. The first-order valence-corrected chi connectivity index (χ1v) is 10.3. The van der Waals surface area contributed by atoms with Crippen LogP contribution in [0.3, 0.4) is 0 Å². The van der Waals surface area contributed by atoms with Crippen molar-refractivity contribution in [1.82, 2.24) is 15.0 Å². The first-order chi connectivity index (χ1) is 13.5. The van der Waals surface area contributed by atoms with Crippen molar-refractivity contribution in [3.8, 4) is 0 Å². The molecule has 0 radical (unpaired) electrons. The highest BCUT2D eigenvalue weighted by Gasteiger charge is 2.23. The number of benzene rings is 1. The number of hydrogen-bond acceptors (Lipinski definition) is 5. The average Bonchev–Trinajstić information content (AvgIpc) is 3.08. The van der Waals surface area contributed by atoms with E-state index in [1.165, 1.54) is 15.8 Å². The molecule has 0 saturated carbocycles. The van der Waals surface area contributed by atoms with Gasteiger partial charge in [-0.25, -0.2) is 10.4 Å². The molecule has 1 atom stereocenters. The number of aromatic nitrogens is 2. The van der Waals surface area contributed by atoms with E-state index in [4.69, 9.17) is 0 Å². The lowest BCUT2D eigenvalue weighted by atomic mass is 9.97. The van der Waals surface area contributed by atoms with Gasteiger partial charge in [-0.2, -0.15) is 5.10 Å². The van der Waals surface area contributed by atoms with Crippen molar-refractivity contribution in [2.24, 2.45) is 5.10 Å². The highest BCUT2D eigenvalue weighted by Crippen LogP contribution is 2.33. The molecule has 1 aliphatic carbocycles. The molecule has 0 bridgehead atoms. The van der Waals surface area contributed by atoms with Crippen LogP contribution >= 0.6 is 11.3 Å². The van der Waals surface area contributed by atoms with E-state index in [0.29, 0.717) is 5.39 Å². The predicted octanol–water partition coefficient (Wildman–Crippen LogP) is 3.36. The molecule has 144 valence electrons. The number of thiophene rings is 1. The van der Waals surface area contributed by atoms with E-state index in [1.54, 1.807) is 24.5 Å². The van der Waals surface area contributed by atoms with Crippen molar-refractivity contribution < 1.29 is 4.79 Å². The van der Waals surface area contributed by atoms with Crippen molar-refractivity contribution in [2.45, 2.75) is 45.6 Å². The number of aryl methyl sites for hydroxylation is 3. The summed E-state index contributed by atoms with van der Waals surface area (Å²) in [4.78, 5) is 32.0. The third kappa shape index (κ3) is 3.49. The normalized spacial score (nSPS) is 14.9. The van der Waals surface area contributed by atoms with Crippen LogP contribution in [0.2, 0.25) is 0 Å². The third-order valence-corrected chi connectivity index (χ3v) is 6.36. The molecule has 7 heteroatoms. The number of hydrogen-bond donors (Lipinski definition) is 1. The van der Waals surface area contributed by atoms with Gasteiger partial charge in [-0.1, -0.05) is 29.8 Å². The van der Waals surface area contributed by atoms with Gasteiger partial charge in [-0.05, 0) is 50.7 Å². The Morgan fingerprint density at radius 1 is 1.29 bits per heavy atom. The van der Waals surface area contributed by atoms with Crippen molar-refractivity contribution in [3.63, 3.8) is 0 Å². The van der Waals surface area contributed by atoms with Gasteiger partial charge in [-0.3, -0.25) is 14.2 Å². The van der Waals surface area contributed by atoms with Crippen LogP contribution in [-0.4, -0.2) is 21.7 Å². The number of amides is 1. The van der Waals surface area contributed by atoms with Gasteiger partial charge < -0.3 is 0 Å². The van der Waals surface area contributed by atoms with E-state index < -0.39 is 6.04 Å². The number of nitrogens with one attached hydrogen (secondary N) is 1. The Morgan fingerprint density at radius 3 is 2.82 bits per heavy atom. The molecule has 2 heterocycles. The molecule has 1 aliphatic rings. The largest absolute Gasteiger partial charge is 0.286 e. The second-order valence-electron chi connectivity index (χ2n) is 7.17. The van der Waals surface area contributed by atoms with Crippen LogP contribution in [0.15, 0.2) is 40.5 Å². The molecule has 0 fully saturated rings. The van der Waals surface area contributed by atoms with Gasteiger partial charge in [0.15, 0.2) is 0 Å². The van der Waals surface area contributed by atoms with E-state index >= 15 is 0 Å². The number of hydrazone groups is 1.